The Bertz CT molecular complexity index is 951. The van der Waals surface area contributed by atoms with E-state index in [0.717, 1.165) is 11.1 Å². The standard InChI is InChI=1S/C23H26Cl2N2O4/c1-3-19(23(29)26-4-2)27(13-16-7-8-17(24)12-18(16)25)22(28)10-6-15-5-9-20-21(11-15)31-14-30-20/h5,7-9,11-12,19H,3-4,6,10,13-14H2,1-2H3,(H,26,29)/t19-/m0/s1. The van der Waals surface area contributed by atoms with Crippen molar-refractivity contribution in [3.63, 3.8) is 0 Å². The summed E-state index contributed by atoms with van der Waals surface area (Å²) in [6.07, 6.45) is 1.26. The monoisotopic (exact) mass is 464 g/mol. The molecular formula is C23H26Cl2N2O4. The normalized spacial score (nSPS) is 13.0. The number of fused-ring (bicyclic) bond motifs is 1. The van der Waals surface area contributed by atoms with Crippen LogP contribution >= 0.6 is 23.2 Å². The van der Waals surface area contributed by atoms with Gasteiger partial charge in [0.1, 0.15) is 6.04 Å². The lowest BCUT2D eigenvalue weighted by atomic mass is 10.1. The lowest BCUT2D eigenvalue weighted by Gasteiger charge is -2.31. The molecule has 6 nitrogen and oxygen atoms in total. The first-order valence-corrected chi connectivity index (χ1v) is 11.1. The van der Waals surface area contributed by atoms with Crippen LogP contribution in [-0.2, 0) is 22.6 Å². The summed E-state index contributed by atoms with van der Waals surface area (Å²) < 4.78 is 10.7. The maximum absolute atomic E-state index is 13.3. The molecular weight excluding hydrogens is 439 g/mol. The quantitative estimate of drug-likeness (QED) is 0.588. The number of benzene rings is 2. The number of likely N-dealkylation sites (N-methyl/N-ethyl adjacent to an activating group) is 1. The van der Waals surface area contributed by atoms with Crippen molar-refractivity contribution < 1.29 is 19.1 Å². The third-order valence-electron chi connectivity index (χ3n) is 5.16. The predicted molar refractivity (Wildman–Crippen MR) is 121 cm³/mol. The van der Waals surface area contributed by atoms with Gasteiger partial charge >= 0.3 is 0 Å². The van der Waals surface area contributed by atoms with Crippen LogP contribution in [0.25, 0.3) is 0 Å². The fourth-order valence-corrected chi connectivity index (χ4v) is 4.00. The Morgan fingerprint density at radius 1 is 1.10 bits per heavy atom. The molecule has 31 heavy (non-hydrogen) atoms. The van der Waals surface area contributed by atoms with Crippen molar-refractivity contribution in [2.45, 2.75) is 45.7 Å². The number of carbonyl (C=O) groups excluding carboxylic acids is 2. The highest BCUT2D eigenvalue weighted by atomic mass is 35.5. The van der Waals surface area contributed by atoms with E-state index in [1.54, 1.807) is 23.1 Å². The van der Waals surface area contributed by atoms with Crippen LogP contribution in [0.15, 0.2) is 36.4 Å². The zero-order valence-corrected chi connectivity index (χ0v) is 19.1. The average Bonchev–Trinajstić information content (AvgIpc) is 3.21. The van der Waals surface area contributed by atoms with Crippen LogP contribution in [0.1, 0.15) is 37.8 Å². The molecule has 0 aliphatic carbocycles. The van der Waals surface area contributed by atoms with Gasteiger partial charge in [-0.3, -0.25) is 9.59 Å². The van der Waals surface area contributed by atoms with Crippen LogP contribution in [-0.4, -0.2) is 36.1 Å². The van der Waals surface area contributed by atoms with Crippen LogP contribution in [0, 0.1) is 0 Å². The summed E-state index contributed by atoms with van der Waals surface area (Å²) in [6, 6.07) is 10.2. The van der Waals surface area contributed by atoms with Crippen LogP contribution < -0.4 is 14.8 Å². The Morgan fingerprint density at radius 3 is 2.58 bits per heavy atom. The fourth-order valence-electron chi connectivity index (χ4n) is 3.54. The first-order chi connectivity index (χ1) is 14.9. The summed E-state index contributed by atoms with van der Waals surface area (Å²) in [4.78, 5) is 27.5. The molecule has 0 radical (unpaired) electrons. The van der Waals surface area contributed by atoms with E-state index in [4.69, 9.17) is 32.7 Å². The minimum Gasteiger partial charge on any atom is -0.454 e. The molecule has 3 rings (SSSR count). The summed E-state index contributed by atoms with van der Waals surface area (Å²) in [5.74, 6) is 1.09. The topological polar surface area (TPSA) is 67.9 Å². The zero-order valence-electron chi connectivity index (χ0n) is 17.6. The Morgan fingerprint density at radius 2 is 1.87 bits per heavy atom. The first-order valence-electron chi connectivity index (χ1n) is 10.3. The van der Waals surface area contributed by atoms with Gasteiger partial charge < -0.3 is 19.7 Å². The molecule has 0 saturated carbocycles. The van der Waals surface area contributed by atoms with E-state index in [-0.39, 0.29) is 31.6 Å². The highest BCUT2D eigenvalue weighted by Crippen LogP contribution is 2.33. The van der Waals surface area contributed by atoms with Crippen LogP contribution in [0.3, 0.4) is 0 Å². The number of rotatable bonds is 9. The van der Waals surface area contributed by atoms with Gasteiger partial charge in [-0.2, -0.15) is 0 Å². The van der Waals surface area contributed by atoms with Crippen molar-refractivity contribution in [3.05, 3.63) is 57.6 Å². The predicted octanol–water partition coefficient (Wildman–Crippen LogP) is 4.60. The summed E-state index contributed by atoms with van der Waals surface area (Å²) in [5, 5.41) is 3.81. The third-order valence-corrected chi connectivity index (χ3v) is 5.74. The molecule has 1 heterocycles. The van der Waals surface area contributed by atoms with Crippen LogP contribution in [0.2, 0.25) is 10.0 Å². The van der Waals surface area contributed by atoms with Crippen molar-refractivity contribution >= 4 is 35.0 Å². The summed E-state index contributed by atoms with van der Waals surface area (Å²) in [7, 11) is 0. The molecule has 8 heteroatoms. The number of hydrogen-bond donors (Lipinski definition) is 1. The summed E-state index contributed by atoms with van der Waals surface area (Å²) in [6.45, 7) is 4.67. The minimum atomic E-state index is -0.587. The molecule has 0 bridgehead atoms. The van der Waals surface area contributed by atoms with Crippen molar-refractivity contribution in [1.82, 2.24) is 10.2 Å². The number of nitrogens with one attached hydrogen (secondary N) is 1. The largest absolute Gasteiger partial charge is 0.454 e. The molecule has 1 aliphatic rings. The average molecular weight is 465 g/mol. The fraction of sp³-hybridized carbons (Fsp3) is 0.391. The minimum absolute atomic E-state index is 0.123. The zero-order chi connectivity index (χ0) is 22.4. The number of halogens is 2. The van der Waals surface area contributed by atoms with Gasteiger partial charge in [0, 0.05) is 29.6 Å². The number of carbonyl (C=O) groups is 2. The molecule has 0 spiro atoms. The maximum atomic E-state index is 13.3. The van der Waals surface area contributed by atoms with Gasteiger partial charge in [0.15, 0.2) is 11.5 Å². The number of amides is 2. The van der Waals surface area contributed by atoms with E-state index in [9.17, 15) is 9.59 Å². The second-order valence-corrected chi connectivity index (χ2v) is 8.11. The number of hydrogen-bond acceptors (Lipinski definition) is 4. The van der Waals surface area contributed by atoms with Crippen molar-refractivity contribution in [2.75, 3.05) is 13.3 Å². The second kappa shape index (κ2) is 10.7. The highest BCUT2D eigenvalue weighted by Gasteiger charge is 2.28. The van der Waals surface area contributed by atoms with E-state index >= 15 is 0 Å². The Balaban J connectivity index is 1.78. The van der Waals surface area contributed by atoms with Crippen molar-refractivity contribution in [1.29, 1.82) is 0 Å². The van der Waals surface area contributed by atoms with Gasteiger partial charge in [0.25, 0.3) is 0 Å². The SMILES string of the molecule is CCNC(=O)[C@H](CC)N(Cc1ccc(Cl)cc1Cl)C(=O)CCc1ccc2c(c1)OCO2. The Hall–Kier alpha value is -2.44. The van der Waals surface area contributed by atoms with E-state index in [1.165, 1.54) is 0 Å². The molecule has 2 aromatic rings. The molecule has 2 amide bonds. The molecule has 0 saturated heterocycles. The van der Waals surface area contributed by atoms with E-state index < -0.39 is 6.04 Å². The Kier molecular flexibility index (Phi) is 8.04. The Labute approximate surface area is 192 Å². The summed E-state index contributed by atoms with van der Waals surface area (Å²) in [5.41, 5.74) is 1.71. The van der Waals surface area contributed by atoms with Crippen molar-refractivity contribution in [2.24, 2.45) is 0 Å². The second-order valence-electron chi connectivity index (χ2n) is 7.26. The first kappa shape index (κ1) is 23.2. The van der Waals surface area contributed by atoms with Gasteiger partial charge in [-0.05, 0) is 55.2 Å². The molecule has 0 aromatic heterocycles. The van der Waals surface area contributed by atoms with Crippen molar-refractivity contribution in [3.8, 4) is 11.5 Å². The molecule has 0 unspecified atom stereocenters. The third kappa shape index (κ3) is 5.83. The number of aryl methyl sites for hydroxylation is 1. The molecule has 1 atom stereocenters. The van der Waals surface area contributed by atoms with E-state index in [2.05, 4.69) is 5.32 Å². The molecule has 166 valence electrons. The van der Waals surface area contributed by atoms with Crippen LogP contribution in [0.4, 0.5) is 0 Å². The number of ether oxygens (including phenoxy) is 2. The summed E-state index contributed by atoms with van der Waals surface area (Å²) >= 11 is 12.4. The van der Waals surface area contributed by atoms with Gasteiger partial charge in [-0.1, -0.05) is 42.3 Å². The number of nitrogens with zero attached hydrogens (tertiary/aromatic N) is 1. The van der Waals surface area contributed by atoms with Gasteiger partial charge in [-0.25, -0.2) is 0 Å². The van der Waals surface area contributed by atoms with E-state index in [1.807, 2.05) is 32.0 Å². The van der Waals surface area contributed by atoms with Gasteiger partial charge in [0.05, 0.1) is 0 Å². The van der Waals surface area contributed by atoms with Gasteiger partial charge in [-0.15, -0.1) is 0 Å². The van der Waals surface area contributed by atoms with E-state index in [0.29, 0.717) is 40.9 Å². The molecule has 1 aliphatic heterocycles. The maximum Gasteiger partial charge on any atom is 0.242 e. The van der Waals surface area contributed by atoms with Gasteiger partial charge in [0.2, 0.25) is 18.6 Å². The lowest BCUT2D eigenvalue weighted by Crippen LogP contribution is -2.49. The highest BCUT2D eigenvalue weighted by molar-refractivity contribution is 6.35. The molecule has 2 aromatic carbocycles. The van der Waals surface area contributed by atoms with Crippen LogP contribution in [0.5, 0.6) is 11.5 Å². The smallest absolute Gasteiger partial charge is 0.242 e. The lowest BCUT2D eigenvalue weighted by molar-refractivity contribution is -0.141. The molecule has 1 N–H and O–H groups in total. The molecule has 0 fully saturated rings.